The van der Waals surface area contributed by atoms with E-state index in [1.165, 1.54) is 11.8 Å². The maximum absolute atomic E-state index is 12.7. The fourth-order valence-electron chi connectivity index (χ4n) is 4.41. The van der Waals surface area contributed by atoms with Crippen LogP contribution < -0.4 is 0 Å². The Kier molecular flexibility index (Phi) is 5.93. The number of benzene rings is 1. The van der Waals surface area contributed by atoms with Crippen molar-refractivity contribution < 1.29 is 13.2 Å². The van der Waals surface area contributed by atoms with Gasteiger partial charge in [-0.15, -0.1) is 0 Å². The second kappa shape index (κ2) is 7.89. The summed E-state index contributed by atoms with van der Waals surface area (Å²) >= 11 is 0. The van der Waals surface area contributed by atoms with Crippen molar-refractivity contribution in [1.29, 1.82) is 0 Å². The molecule has 0 radical (unpaired) electrons. The van der Waals surface area contributed by atoms with E-state index in [9.17, 15) is 13.2 Å². The van der Waals surface area contributed by atoms with Gasteiger partial charge in [0, 0.05) is 44.8 Å². The van der Waals surface area contributed by atoms with E-state index in [2.05, 4.69) is 17.9 Å². The van der Waals surface area contributed by atoms with Gasteiger partial charge in [-0.3, -0.25) is 9.69 Å². The van der Waals surface area contributed by atoms with E-state index in [0.29, 0.717) is 32.6 Å². The van der Waals surface area contributed by atoms with Gasteiger partial charge in [0.2, 0.25) is 15.9 Å². The standard InChI is InChI=1S/C20H31N3O3S/c1-4-20(8-9-23(16-20)27(3,25)26)22-12-10-21(11-13-22)19(24)15-18-7-5-6-17(2)14-18/h5-7,14H,4,8-13,15-16H2,1-3H3/t20-/m0/s1. The number of sulfonamides is 1. The van der Waals surface area contributed by atoms with Crippen LogP contribution in [0.3, 0.4) is 0 Å². The van der Waals surface area contributed by atoms with Crippen LogP contribution in [0.5, 0.6) is 0 Å². The summed E-state index contributed by atoms with van der Waals surface area (Å²) in [6.07, 6.45) is 3.53. The zero-order valence-electron chi connectivity index (χ0n) is 16.6. The molecule has 0 aliphatic carbocycles. The molecule has 1 aromatic rings. The first-order chi connectivity index (χ1) is 12.7. The lowest BCUT2D eigenvalue weighted by atomic mass is 9.92. The molecule has 2 fully saturated rings. The van der Waals surface area contributed by atoms with Crippen molar-refractivity contribution in [2.45, 2.75) is 38.6 Å². The van der Waals surface area contributed by atoms with Crippen LogP contribution in [-0.2, 0) is 21.2 Å². The molecule has 1 amide bonds. The number of aryl methyl sites for hydroxylation is 1. The van der Waals surface area contributed by atoms with Gasteiger partial charge in [0.25, 0.3) is 0 Å². The highest BCUT2D eigenvalue weighted by Gasteiger charge is 2.45. The first-order valence-electron chi connectivity index (χ1n) is 9.77. The van der Waals surface area contributed by atoms with E-state index in [4.69, 9.17) is 0 Å². The number of hydrogen-bond acceptors (Lipinski definition) is 4. The average molecular weight is 394 g/mol. The Morgan fingerprint density at radius 1 is 1.15 bits per heavy atom. The Labute approximate surface area is 163 Å². The Balaban J connectivity index is 1.58. The third kappa shape index (κ3) is 4.52. The van der Waals surface area contributed by atoms with Crippen LogP contribution in [0, 0.1) is 6.92 Å². The Morgan fingerprint density at radius 2 is 1.85 bits per heavy atom. The fourth-order valence-corrected chi connectivity index (χ4v) is 5.31. The first kappa shape index (κ1) is 20.3. The molecule has 0 unspecified atom stereocenters. The molecule has 0 aromatic heterocycles. The van der Waals surface area contributed by atoms with Crippen molar-refractivity contribution in [1.82, 2.24) is 14.1 Å². The summed E-state index contributed by atoms with van der Waals surface area (Å²) in [4.78, 5) is 17.0. The maximum atomic E-state index is 12.7. The molecule has 1 aromatic carbocycles. The molecule has 2 aliphatic heterocycles. The highest BCUT2D eigenvalue weighted by Crippen LogP contribution is 2.33. The van der Waals surface area contributed by atoms with E-state index in [1.807, 2.05) is 30.0 Å². The van der Waals surface area contributed by atoms with Gasteiger partial charge in [0.15, 0.2) is 0 Å². The molecule has 3 rings (SSSR count). The molecule has 0 saturated carbocycles. The summed E-state index contributed by atoms with van der Waals surface area (Å²) in [6.45, 7) is 8.39. The molecule has 2 aliphatic rings. The molecule has 0 bridgehead atoms. The zero-order chi connectivity index (χ0) is 19.7. The molecule has 2 saturated heterocycles. The minimum absolute atomic E-state index is 0.0885. The van der Waals surface area contributed by atoms with Gasteiger partial charge in [-0.05, 0) is 25.3 Å². The minimum Gasteiger partial charge on any atom is -0.340 e. The lowest BCUT2D eigenvalue weighted by molar-refractivity contribution is -0.133. The largest absolute Gasteiger partial charge is 0.340 e. The van der Waals surface area contributed by atoms with Crippen LogP contribution in [0.25, 0.3) is 0 Å². The summed E-state index contributed by atoms with van der Waals surface area (Å²) in [7, 11) is -3.14. The van der Waals surface area contributed by atoms with Gasteiger partial charge in [-0.1, -0.05) is 36.8 Å². The highest BCUT2D eigenvalue weighted by atomic mass is 32.2. The van der Waals surface area contributed by atoms with Crippen molar-refractivity contribution in [3.63, 3.8) is 0 Å². The van der Waals surface area contributed by atoms with Gasteiger partial charge in [-0.25, -0.2) is 12.7 Å². The summed E-state index contributed by atoms with van der Waals surface area (Å²) in [5.41, 5.74) is 2.15. The lowest BCUT2D eigenvalue weighted by Crippen LogP contribution is -2.59. The molecule has 2 heterocycles. The third-order valence-electron chi connectivity index (χ3n) is 6.17. The number of piperazine rings is 1. The second-order valence-electron chi connectivity index (χ2n) is 7.96. The Morgan fingerprint density at radius 3 is 2.41 bits per heavy atom. The zero-order valence-corrected chi connectivity index (χ0v) is 17.5. The monoisotopic (exact) mass is 393 g/mol. The van der Waals surface area contributed by atoms with E-state index in [0.717, 1.165) is 31.5 Å². The van der Waals surface area contributed by atoms with Crippen molar-refractivity contribution >= 4 is 15.9 Å². The van der Waals surface area contributed by atoms with Crippen LogP contribution >= 0.6 is 0 Å². The molecule has 27 heavy (non-hydrogen) atoms. The van der Waals surface area contributed by atoms with Crippen molar-refractivity contribution in [2.75, 3.05) is 45.5 Å². The number of carbonyl (C=O) groups excluding carboxylic acids is 1. The smallest absolute Gasteiger partial charge is 0.227 e. The molecular weight excluding hydrogens is 362 g/mol. The van der Waals surface area contributed by atoms with Crippen LogP contribution in [0.1, 0.15) is 30.9 Å². The minimum atomic E-state index is -3.14. The predicted octanol–water partition coefficient (Wildman–Crippen LogP) is 1.50. The van der Waals surface area contributed by atoms with Gasteiger partial charge in [0.1, 0.15) is 0 Å². The van der Waals surface area contributed by atoms with Gasteiger partial charge >= 0.3 is 0 Å². The second-order valence-corrected chi connectivity index (χ2v) is 9.94. The topological polar surface area (TPSA) is 60.9 Å². The normalized spacial score (nSPS) is 25.1. The number of hydrogen-bond donors (Lipinski definition) is 0. The van der Waals surface area contributed by atoms with Crippen molar-refractivity contribution in [3.05, 3.63) is 35.4 Å². The highest BCUT2D eigenvalue weighted by molar-refractivity contribution is 7.88. The van der Waals surface area contributed by atoms with Crippen molar-refractivity contribution in [2.24, 2.45) is 0 Å². The lowest BCUT2D eigenvalue weighted by Gasteiger charge is -2.45. The fraction of sp³-hybridized carbons (Fsp3) is 0.650. The number of amides is 1. The molecular formula is C20H31N3O3S. The van der Waals surface area contributed by atoms with Crippen LogP contribution in [-0.4, -0.2) is 79.5 Å². The number of carbonyl (C=O) groups is 1. The summed E-state index contributed by atoms with van der Waals surface area (Å²) < 4.78 is 25.4. The summed E-state index contributed by atoms with van der Waals surface area (Å²) in [6, 6.07) is 8.11. The van der Waals surface area contributed by atoms with E-state index >= 15 is 0 Å². The molecule has 0 N–H and O–H groups in total. The maximum Gasteiger partial charge on any atom is 0.227 e. The van der Waals surface area contributed by atoms with Gasteiger partial charge in [-0.2, -0.15) is 0 Å². The number of rotatable bonds is 5. The van der Waals surface area contributed by atoms with Gasteiger partial charge < -0.3 is 4.90 Å². The molecule has 0 spiro atoms. The van der Waals surface area contributed by atoms with E-state index in [1.54, 1.807) is 4.31 Å². The first-order valence-corrected chi connectivity index (χ1v) is 11.6. The summed E-state index contributed by atoms with van der Waals surface area (Å²) in [5.74, 6) is 0.176. The quantitative estimate of drug-likeness (QED) is 0.761. The predicted molar refractivity (Wildman–Crippen MR) is 107 cm³/mol. The van der Waals surface area contributed by atoms with E-state index in [-0.39, 0.29) is 11.4 Å². The number of nitrogens with zero attached hydrogens (tertiary/aromatic N) is 3. The molecule has 7 heteroatoms. The molecule has 150 valence electrons. The molecule has 6 nitrogen and oxygen atoms in total. The van der Waals surface area contributed by atoms with E-state index < -0.39 is 10.0 Å². The van der Waals surface area contributed by atoms with Gasteiger partial charge in [0.05, 0.1) is 12.7 Å². The summed E-state index contributed by atoms with van der Waals surface area (Å²) in [5, 5.41) is 0. The van der Waals surface area contributed by atoms with Crippen LogP contribution in [0.4, 0.5) is 0 Å². The molecule has 1 atom stereocenters. The average Bonchev–Trinajstić information content (AvgIpc) is 3.08. The van der Waals surface area contributed by atoms with Crippen molar-refractivity contribution in [3.8, 4) is 0 Å². The SMILES string of the molecule is CC[C@]1(N2CCN(C(=O)Cc3cccc(C)c3)CC2)CCN(S(C)(=O)=O)C1. The van der Waals surface area contributed by atoms with Crippen LogP contribution in [0.15, 0.2) is 24.3 Å². The Bertz CT molecular complexity index is 787. The third-order valence-corrected chi connectivity index (χ3v) is 7.42. The Hall–Kier alpha value is -1.44. The van der Waals surface area contributed by atoms with Crippen LogP contribution in [0.2, 0.25) is 0 Å².